The van der Waals surface area contributed by atoms with Gasteiger partial charge >= 0.3 is 0 Å². The summed E-state index contributed by atoms with van der Waals surface area (Å²) in [5, 5.41) is 8.68. The minimum Gasteiger partial charge on any atom is -0.491 e. The molecule has 0 amide bonds. The van der Waals surface area contributed by atoms with Crippen LogP contribution < -0.4 is 10.1 Å². The molecule has 35 heavy (non-hydrogen) atoms. The number of nitrogens with one attached hydrogen (secondary N) is 1. The zero-order valence-electron chi connectivity index (χ0n) is 20.3. The fourth-order valence-corrected chi connectivity index (χ4v) is 5.56. The number of benzene rings is 2. The number of hydrogen-bond acceptors (Lipinski definition) is 6. The van der Waals surface area contributed by atoms with Crippen molar-refractivity contribution in [1.29, 1.82) is 0 Å². The van der Waals surface area contributed by atoms with Gasteiger partial charge in [0.15, 0.2) is 5.78 Å². The van der Waals surface area contributed by atoms with Gasteiger partial charge in [-0.15, -0.1) is 5.10 Å². The number of ether oxygens (including phenoxy) is 1. The summed E-state index contributed by atoms with van der Waals surface area (Å²) >= 11 is 1.37. The third-order valence-corrected chi connectivity index (χ3v) is 7.06. The summed E-state index contributed by atoms with van der Waals surface area (Å²) in [4.78, 5) is 18.1. The Morgan fingerprint density at radius 3 is 2.77 bits per heavy atom. The molecule has 5 rings (SSSR count). The van der Waals surface area contributed by atoms with Crippen LogP contribution in [0.1, 0.15) is 57.7 Å². The minimum atomic E-state index is -0.407. The first-order valence-corrected chi connectivity index (χ1v) is 12.8. The number of ketones is 1. The number of carbonyl (C=O) groups is 1. The summed E-state index contributed by atoms with van der Waals surface area (Å²) in [6, 6.07) is 14.1. The van der Waals surface area contributed by atoms with E-state index in [-0.39, 0.29) is 23.1 Å². The van der Waals surface area contributed by atoms with Gasteiger partial charge in [-0.25, -0.2) is 9.07 Å². The van der Waals surface area contributed by atoms with Gasteiger partial charge in [0.2, 0.25) is 11.1 Å². The molecule has 1 aliphatic carbocycles. The van der Waals surface area contributed by atoms with Crippen molar-refractivity contribution in [2.75, 3.05) is 5.32 Å². The number of thioether (sulfide) groups is 1. The monoisotopic (exact) mass is 492 g/mol. The Morgan fingerprint density at radius 2 is 2.00 bits per heavy atom. The van der Waals surface area contributed by atoms with E-state index in [0.29, 0.717) is 28.8 Å². The standard InChI is InChI=1S/C27H29FN4O2S/c1-16(2)34-19-10-7-9-17(12-19)24-23-21(13-27(3,4)14-22(23)33)29-25-30-26(31-32(24)25)35-15-18-8-5-6-11-20(18)28/h5-12,16,24H,13-15H2,1-4H3,(H,29,30,31). The fourth-order valence-electron chi connectivity index (χ4n) is 4.75. The lowest BCUT2D eigenvalue weighted by atomic mass is 9.73. The van der Waals surface area contributed by atoms with Crippen molar-refractivity contribution in [3.63, 3.8) is 0 Å². The summed E-state index contributed by atoms with van der Waals surface area (Å²) < 4.78 is 21.8. The van der Waals surface area contributed by atoms with Gasteiger partial charge in [0.25, 0.3) is 0 Å². The lowest BCUT2D eigenvalue weighted by Gasteiger charge is -2.38. The van der Waals surface area contributed by atoms with E-state index >= 15 is 0 Å². The molecule has 2 heterocycles. The molecule has 1 N–H and O–H groups in total. The van der Waals surface area contributed by atoms with E-state index in [1.165, 1.54) is 17.8 Å². The smallest absolute Gasteiger partial charge is 0.227 e. The third kappa shape index (κ3) is 4.85. The average Bonchev–Trinajstić information content (AvgIpc) is 3.18. The molecule has 1 unspecified atom stereocenters. The molecule has 182 valence electrons. The molecule has 0 fully saturated rings. The Labute approximate surface area is 209 Å². The number of rotatable bonds is 6. The largest absolute Gasteiger partial charge is 0.491 e. The molecular formula is C27H29FN4O2S. The van der Waals surface area contributed by atoms with Crippen molar-refractivity contribution in [2.24, 2.45) is 5.41 Å². The van der Waals surface area contributed by atoms with Crippen molar-refractivity contribution in [3.8, 4) is 5.75 Å². The van der Waals surface area contributed by atoms with E-state index in [1.807, 2.05) is 44.2 Å². The fraction of sp³-hybridized carbons (Fsp3) is 0.370. The Kier molecular flexibility index (Phi) is 6.17. The van der Waals surface area contributed by atoms with Crippen molar-refractivity contribution >= 4 is 23.5 Å². The van der Waals surface area contributed by atoms with Crippen molar-refractivity contribution in [2.45, 2.75) is 63.6 Å². The number of aromatic nitrogens is 3. The lowest BCUT2D eigenvalue weighted by Crippen LogP contribution is -2.36. The van der Waals surface area contributed by atoms with Crippen LogP contribution >= 0.6 is 11.8 Å². The van der Waals surface area contributed by atoms with Crippen LogP contribution in [-0.2, 0) is 10.5 Å². The van der Waals surface area contributed by atoms with E-state index in [1.54, 1.807) is 16.8 Å². The number of nitrogens with zero attached hydrogens (tertiary/aromatic N) is 3. The number of hydrogen-bond donors (Lipinski definition) is 1. The molecule has 6 nitrogen and oxygen atoms in total. The van der Waals surface area contributed by atoms with Crippen LogP contribution in [0.4, 0.5) is 10.3 Å². The Hall–Kier alpha value is -3.13. The summed E-state index contributed by atoms with van der Waals surface area (Å²) in [7, 11) is 0. The summed E-state index contributed by atoms with van der Waals surface area (Å²) in [6.07, 6.45) is 1.26. The second kappa shape index (κ2) is 9.15. The predicted molar refractivity (Wildman–Crippen MR) is 135 cm³/mol. The number of fused-ring (bicyclic) bond motifs is 1. The quantitative estimate of drug-likeness (QED) is 0.416. The average molecular weight is 493 g/mol. The van der Waals surface area contributed by atoms with E-state index in [2.05, 4.69) is 19.2 Å². The molecular weight excluding hydrogens is 463 g/mol. The van der Waals surface area contributed by atoms with Gasteiger partial charge in [0.1, 0.15) is 17.6 Å². The molecule has 8 heteroatoms. The highest BCUT2D eigenvalue weighted by Crippen LogP contribution is 2.46. The third-order valence-electron chi connectivity index (χ3n) is 6.17. The zero-order chi connectivity index (χ0) is 24.7. The van der Waals surface area contributed by atoms with Gasteiger partial charge in [-0.1, -0.05) is 55.9 Å². The number of anilines is 1. The number of carbonyl (C=O) groups excluding carboxylic acids is 1. The normalized spacial score (nSPS) is 18.8. The minimum absolute atomic E-state index is 0.0356. The van der Waals surface area contributed by atoms with E-state index in [9.17, 15) is 9.18 Å². The number of allylic oxidation sites excluding steroid dienone is 2. The maximum Gasteiger partial charge on any atom is 0.227 e. The van der Waals surface area contributed by atoms with Crippen LogP contribution in [0.5, 0.6) is 5.75 Å². The van der Waals surface area contributed by atoms with Crippen LogP contribution in [0.25, 0.3) is 0 Å². The van der Waals surface area contributed by atoms with Gasteiger partial charge in [-0.05, 0) is 55.0 Å². The molecule has 2 aromatic carbocycles. The summed E-state index contributed by atoms with van der Waals surface area (Å²) in [6.45, 7) is 8.19. The first kappa shape index (κ1) is 23.6. The van der Waals surface area contributed by atoms with E-state index in [4.69, 9.17) is 14.8 Å². The molecule has 0 spiro atoms. The van der Waals surface area contributed by atoms with Gasteiger partial charge in [-0.3, -0.25) is 4.79 Å². The van der Waals surface area contributed by atoms with Gasteiger partial charge in [-0.2, -0.15) is 4.98 Å². The number of halogens is 1. The molecule has 1 aliphatic heterocycles. The predicted octanol–water partition coefficient (Wildman–Crippen LogP) is 6.15. The highest BCUT2D eigenvalue weighted by Gasteiger charge is 2.42. The van der Waals surface area contributed by atoms with Gasteiger partial charge in [0.05, 0.1) is 6.10 Å². The highest BCUT2D eigenvalue weighted by molar-refractivity contribution is 7.98. The first-order valence-electron chi connectivity index (χ1n) is 11.8. The topological polar surface area (TPSA) is 69.0 Å². The molecule has 0 radical (unpaired) electrons. The zero-order valence-corrected chi connectivity index (χ0v) is 21.2. The molecule has 0 bridgehead atoms. The van der Waals surface area contributed by atoms with Crippen LogP contribution in [0.15, 0.2) is 65.0 Å². The van der Waals surface area contributed by atoms with Crippen molar-refractivity contribution in [1.82, 2.24) is 14.8 Å². The van der Waals surface area contributed by atoms with Crippen LogP contribution in [-0.4, -0.2) is 26.7 Å². The van der Waals surface area contributed by atoms with Crippen LogP contribution in [0, 0.1) is 11.2 Å². The van der Waals surface area contributed by atoms with Gasteiger partial charge < -0.3 is 10.1 Å². The maximum atomic E-state index is 14.1. The molecule has 2 aliphatic rings. The Balaban J connectivity index is 1.54. The van der Waals surface area contributed by atoms with Crippen molar-refractivity contribution < 1.29 is 13.9 Å². The van der Waals surface area contributed by atoms with Crippen LogP contribution in [0.3, 0.4) is 0 Å². The SMILES string of the molecule is CC(C)Oc1cccc(C2C3=C(CC(C)(C)CC3=O)Nc3nc(SCc4ccccc4F)nn32)c1. The molecule has 1 atom stereocenters. The molecule has 3 aromatic rings. The second-order valence-electron chi connectivity index (χ2n) is 10.1. The van der Waals surface area contributed by atoms with E-state index < -0.39 is 6.04 Å². The van der Waals surface area contributed by atoms with Gasteiger partial charge in [0, 0.05) is 23.4 Å². The molecule has 1 aromatic heterocycles. The highest BCUT2D eigenvalue weighted by atomic mass is 32.2. The van der Waals surface area contributed by atoms with E-state index in [0.717, 1.165) is 29.0 Å². The maximum absolute atomic E-state index is 14.1. The Bertz CT molecular complexity index is 1310. The number of Topliss-reactive ketones (excluding diaryl/α,β-unsaturated/α-hetero) is 1. The first-order chi connectivity index (χ1) is 16.7. The van der Waals surface area contributed by atoms with Crippen LogP contribution in [0.2, 0.25) is 0 Å². The Morgan fingerprint density at radius 1 is 1.20 bits per heavy atom. The lowest BCUT2D eigenvalue weighted by molar-refractivity contribution is -0.118. The molecule has 0 saturated heterocycles. The summed E-state index contributed by atoms with van der Waals surface area (Å²) in [5.41, 5.74) is 3.01. The second-order valence-corrected chi connectivity index (χ2v) is 11.1. The van der Waals surface area contributed by atoms with Crippen molar-refractivity contribution in [3.05, 3.63) is 76.7 Å². The molecule has 0 saturated carbocycles. The summed E-state index contributed by atoms with van der Waals surface area (Å²) in [5.74, 6) is 1.62.